The van der Waals surface area contributed by atoms with Crippen LogP contribution in [-0.2, 0) is 13.0 Å². The van der Waals surface area contributed by atoms with E-state index in [0.29, 0.717) is 23.1 Å². The van der Waals surface area contributed by atoms with Crippen LogP contribution in [0.2, 0.25) is 0 Å². The highest BCUT2D eigenvalue weighted by Gasteiger charge is 2.48. The molecule has 2 aromatic rings. The largest absolute Gasteiger partial charge is 0.351 e. The lowest BCUT2D eigenvalue weighted by Crippen LogP contribution is -2.23. The van der Waals surface area contributed by atoms with Crippen LogP contribution in [0.3, 0.4) is 0 Å². The van der Waals surface area contributed by atoms with Crippen molar-refractivity contribution < 1.29 is 4.39 Å². The SMILES string of the molecule is Fc1cnc(NC2CCCCC2)nc1-c1cnn2c1CC1(CC1)C2. The second-order valence-electron chi connectivity index (χ2n) is 7.71. The monoisotopic (exact) mass is 327 g/mol. The van der Waals surface area contributed by atoms with Gasteiger partial charge in [0.25, 0.3) is 0 Å². The Balaban J connectivity index is 1.45. The van der Waals surface area contributed by atoms with Crippen molar-refractivity contribution in [2.45, 2.75) is 64.0 Å². The zero-order chi connectivity index (χ0) is 16.1. The van der Waals surface area contributed by atoms with Crippen molar-refractivity contribution in [3.05, 3.63) is 23.9 Å². The molecule has 3 heterocycles. The van der Waals surface area contributed by atoms with Crippen LogP contribution in [0.1, 0.15) is 50.6 Å². The highest BCUT2D eigenvalue weighted by Crippen LogP contribution is 2.54. The molecule has 6 heteroatoms. The molecule has 1 spiro atoms. The number of hydrogen-bond donors (Lipinski definition) is 1. The molecule has 1 aliphatic heterocycles. The van der Waals surface area contributed by atoms with Gasteiger partial charge in [0.15, 0.2) is 5.82 Å². The highest BCUT2D eigenvalue weighted by atomic mass is 19.1. The summed E-state index contributed by atoms with van der Waals surface area (Å²) in [5.74, 6) is 0.175. The molecule has 2 saturated carbocycles. The Hall–Kier alpha value is -1.98. The molecule has 24 heavy (non-hydrogen) atoms. The van der Waals surface area contributed by atoms with Gasteiger partial charge in [0.1, 0.15) is 5.69 Å². The summed E-state index contributed by atoms with van der Waals surface area (Å²) in [4.78, 5) is 8.66. The summed E-state index contributed by atoms with van der Waals surface area (Å²) >= 11 is 0. The lowest BCUT2D eigenvalue weighted by atomic mass is 9.96. The molecule has 1 N–H and O–H groups in total. The molecule has 0 atom stereocenters. The molecule has 2 aliphatic carbocycles. The summed E-state index contributed by atoms with van der Waals surface area (Å²) < 4.78 is 16.4. The van der Waals surface area contributed by atoms with Crippen LogP contribution in [0.25, 0.3) is 11.3 Å². The number of nitrogens with one attached hydrogen (secondary N) is 1. The molecule has 0 saturated heterocycles. The molecule has 5 rings (SSSR count). The van der Waals surface area contributed by atoms with Gasteiger partial charge in [-0.3, -0.25) is 4.68 Å². The van der Waals surface area contributed by atoms with E-state index in [0.717, 1.165) is 37.1 Å². The van der Waals surface area contributed by atoms with Crippen molar-refractivity contribution in [2.75, 3.05) is 5.32 Å². The van der Waals surface area contributed by atoms with Gasteiger partial charge in [-0.1, -0.05) is 19.3 Å². The maximum Gasteiger partial charge on any atom is 0.223 e. The Morgan fingerprint density at radius 3 is 2.79 bits per heavy atom. The zero-order valence-corrected chi connectivity index (χ0v) is 13.8. The number of halogens is 1. The molecular formula is C18H22FN5. The number of nitrogens with zero attached hydrogens (tertiary/aromatic N) is 4. The molecular weight excluding hydrogens is 305 g/mol. The van der Waals surface area contributed by atoms with Crippen molar-refractivity contribution in [3.8, 4) is 11.3 Å². The van der Waals surface area contributed by atoms with E-state index in [9.17, 15) is 4.39 Å². The number of fused-ring (bicyclic) bond motifs is 1. The third kappa shape index (κ3) is 2.39. The van der Waals surface area contributed by atoms with Crippen LogP contribution in [-0.4, -0.2) is 25.8 Å². The number of aromatic nitrogens is 4. The molecule has 0 amide bonds. The standard InChI is InChI=1S/C18H22FN5/c19-14-10-20-17(22-12-4-2-1-3-5-12)23-16(14)13-9-21-24-11-18(6-7-18)8-15(13)24/h9-10,12H,1-8,11H2,(H,20,22,23). The molecule has 0 radical (unpaired) electrons. The van der Waals surface area contributed by atoms with Crippen molar-refractivity contribution in [1.82, 2.24) is 19.7 Å². The third-order valence-corrected chi connectivity index (χ3v) is 5.87. The first-order valence-electron chi connectivity index (χ1n) is 9.07. The normalized spacial score (nSPS) is 21.9. The third-order valence-electron chi connectivity index (χ3n) is 5.87. The fourth-order valence-corrected chi connectivity index (χ4v) is 4.23. The Morgan fingerprint density at radius 1 is 1.17 bits per heavy atom. The minimum Gasteiger partial charge on any atom is -0.351 e. The summed E-state index contributed by atoms with van der Waals surface area (Å²) in [5, 5.41) is 7.85. The Morgan fingerprint density at radius 2 is 2.00 bits per heavy atom. The van der Waals surface area contributed by atoms with Crippen LogP contribution >= 0.6 is 0 Å². The maximum atomic E-state index is 14.4. The van der Waals surface area contributed by atoms with E-state index in [1.54, 1.807) is 6.20 Å². The number of anilines is 1. The summed E-state index contributed by atoms with van der Waals surface area (Å²) in [6.45, 7) is 0.974. The lowest BCUT2D eigenvalue weighted by molar-refractivity contribution is 0.460. The van der Waals surface area contributed by atoms with Crippen LogP contribution in [0.5, 0.6) is 0 Å². The van der Waals surface area contributed by atoms with Crippen molar-refractivity contribution in [2.24, 2.45) is 5.41 Å². The van der Waals surface area contributed by atoms with E-state index in [1.807, 2.05) is 4.68 Å². The van der Waals surface area contributed by atoms with Crippen molar-refractivity contribution in [3.63, 3.8) is 0 Å². The van der Waals surface area contributed by atoms with Gasteiger partial charge in [-0.25, -0.2) is 14.4 Å². The number of rotatable bonds is 3. The van der Waals surface area contributed by atoms with E-state index < -0.39 is 0 Å². The lowest BCUT2D eigenvalue weighted by Gasteiger charge is -2.22. The van der Waals surface area contributed by atoms with E-state index >= 15 is 0 Å². The number of hydrogen-bond acceptors (Lipinski definition) is 4. The maximum absolute atomic E-state index is 14.4. The summed E-state index contributed by atoms with van der Waals surface area (Å²) in [6, 6.07) is 0.407. The molecule has 5 nitrogen and oxygen atoms in total. The Bertz CT molecular complexity index is 774. The van der Waals surface area contributed by atoms with Crippen LogP contribution < -0.4 is 5.32 Å². The van der Waals surface area contributed by atoms with Crippen LogP contribution in [0, 0.1) is 11.2 Å². The minimum absolute atomic E-state index is 0.364. The van der Waals surface area contributed by atoms with Gasteiger partial charge in [-0.05, 0) is 37.5 Å². The van der Waals surface area contributed by atoms with Crippen LogP contribution in [0.4, 0.5) is 10.3 Å². The average Bonchev–Trinajstić information content (AvgIpc) is 3.09. The van der Waals surface area contributed by atoms with E-state index in [-0.39, 0.29) is 5.82 Å². The van der Waals surface area contributed by atoms with Crippen molar-refractivity contribution >= 4 is 5.95 Å². The van der Waals surface area contributed by atoms with Gasteiger partial charge in [-0.2, -0.15) is 5.10 Å². The first kappa shape index (κ1) is 14.4. The fourth-order valence-electron chi connectivity index (χ4n) is 4.23. The molecule has 126 valence electrons. The predicted octanol–water partition coefficient (Wildman–Crippen LogP) is 3.56. The molecule has 0 bridgehead atoms. The second kappa shape index (κ2) is 5.26. The Kier molecular flexibility index (Phi) is 3.15. The molecule has 2 fully saturated rings. The molecule has 0 unspecified atom stereocenters. The summed E-state index contributed by atoms with van der Waals surface area (Å²) in [5.41, 5.74) is 2.77. The van der Waals surface area contributed by atoms with E-state index in [1.165, 1.54) is 38.3 Å². The van der Waals surface area contributed by atoms with Gasteiger partial charge in [0.05, 0.1) is 12.4 Å². The highest BCUT2D eigenvalue weighted by molar-refractivity contribution is 5.63. The minimum atomic E-state index is -0.364. The van der Waals surface area contributed by atoms with Gasteiger partial charge in [0, 0.05) is 23.8 Å². The van der Waals surface area contributed by atoms with E-state index in [4.69, 9.17) is 0 Å². The fraction of sp³-hybridized carbons (Fsp3) is 0.611. The zero-order valence-electron chi connectivity index (χ0n) is 13.8. The second-order valence-corrected chi connectivity index (χ2v) is 7.71. The Labute approximate surface area is 140 Å². The van der Waals surface area contributed by atoms with Gasteiger partial charge in [0.2, 0.25) is 5.95 Å². The molecule has 3 aliphatic rings. The van der Waals surface area contributed by atoms with E-state index in [2.05, 4.69) is 20.4 Å². The first-order valence-corrected chi connectivity index (χ1v) is 9.07. The average molecular weight is 327 g/mol. The van der Waals surface area contributed by atoms with Crippen LogP contribution in [0.15, 0.2) is 12.4 Å². The molecule has 2 aromatic heterocycles. The summed E-state index contributed by atoms with van der Waals surface area (Å²) in [6.07, 6.45) is 12.6. The van der Waals surface area contributed by atoms with Gasteiger partial charge < -0.3 is 5.32 Å². The predicted molar refractivity (Wildman–Crippen MR) is 89.1 cm³/mol. The topological polar surface area (TPSA) is 55.6 Å². The van der Waals surface area contributed by atoms with Gasteiger partial charge in [-0.15, -0.1) is 0 Å². The quantitative estimate of drug-likeness (QED) is 0.936. The summed E-state index contributed by atoms with van der Waals surface area (Å²) in [7, 11) is 0. The molecule has 0 aromatic carbocycles. The first-order chi connectivity index (χ1) is 11.7. The van der Waals surface area contributed by atoms with Gasteiger partial charge >= 0.3 is 0 Å². The smallest absolute Gasteiger partial charge is 0.223 e. The van der Waals surface area contributed by atoms with Crippen molar-refractivity contribution in [1.29, 1.82) is 0 Å².